The molecular weight excluding hydrogens is 268 g/mol. The number of carboxylic acid groups (broad SMARTS) is 1. The van der Waals surface area contributed by atoms with Gasteiger partial charge in [-0.25, -0.2) is 4.79 Å². The zero-order valence-electron chi connectivity index (χ0n) is 10.0. The molecule has 1 aliphatic heterocycles. The number of Topliss-reactive ketones (excluding diaryl/α,β-unsaturated/α-hetero) is 1. The number of carboxylic acids is 1. The molecule has 1 aromatic rings. The Kier molecular flexibility index (Phi) is 3.07. The fourth-order valence-electron chi connectivity index (χ4n) is 1.82. The maximum absolute atomic E-state index is 11.8. The monoisotopic (exact) mass is 276 g/mol. The molecule has 1 N–H and O–H groups in total. The van der Waals surface area contributed by atoms with E-state index in [4.69, 9.17) is 5.11 Å². The number of fused-ring (bicyclic) bond motifs is 1. The van der Waals surface area contributed by atoms with Gasteiger partial charge in [0.25, 0.3) is 17.4 Å². The second-order valence-electron chi connectivity index (χ2n) is 4.09. The summed E-state index contributed by atoms with van der Waals surface area (Å²) in [7, 11) is 0. The summed E-state index contributed by atoms with van der Waals surface area (Å²) in [6, 6.07) is 3.38. The van der Waals surface area contributed by atoms with Crippen molar-refractivity contribution in [3.05, 3.63) is 46.0 Å². The molecule has 1 heterocycles. The van der Waals surface area contributed by atoms with Crippen molar-refractivity contribution in [2.75, 3.05) is 11.4 Å². The van der Waals surface area contributed by atoms with Crippen LogP contribution in [0.25, 0.3) is 0 Å². The van der Waals surface area contributed by atoms with Gasteiger partial charge in [-0.05, 0) is 6.07 Å². The van der Waals surface area contributed by atoms with Gasteiger partial charge in [0.05, 0.1) is 22.7 Å². The molecule has 0 aromatic heterocycles. The number of hydrogen-bond acceptors (Lipinski definition) is 5. The van der Waals surface area contributed by atoms with Crippen molar-refractivity contribution >= 4 is 29.0 Å². The second-order valence-corrected chi connectivity index (χ2v) is 4.09. The standard InChI is InChI=1S/C12H8N2O6/c1-6(12(17)18)5-13-9-3-2-7(14(19)20)4-8(9)10(15)11(13)16/h2-4H,1,5H2,(H,17,18). The third-order valence-electron chi connectivity index (χ3n) is 2.82. The quantitative estimate of drug-likeness (QED) is 0.375. The molecule has 0 aliphatic carbocycles. The van der Waals surface area contributed by atoms with E-state index < -0.39 is 22.6 Å². The summed E-state index contributed by atoms with van der Waals surface area (Å²) in [6.45, 7) is 2.93. The van der Waals surface area contributed by atoms with Crippen LogP contribution >= 0.6 is 0 Å². The number of aliphatic carboxylic acids is 1. The van der Waals surface area contributed by atoms with Gasteiger partial charge in [-0.15, -0.1) is 0 Å². The number of amides is 1. The summed E-state index contributed by atoms with van der Waals surface area (Å²) in [4.78, 5) is 45.1. The zero-order chi connectivity index (χ0) is 15.0. The second kappa shape index (κ2) is 4.57. The van der Waals surface area contributed by atoms with E-state index in [1.165, 1.54) is 6.07 Å². The largest absolute Gasteiger partial charge is 0.478 e. The van der Waals surface area contributed by atoms with Crippen LogP contribution in [0, 0.1) is 10.1 Å². The fraction of sp³-hybridized carbons (Fsp3) is 0.0833. The SMILES string of the molecule is C=C(CN1C(=O)C(=O)c2cc([N+](=O)[O-])ccc21)C(=O)O. The van der Waals surface area contributed by atoms with Gasteiger partial charge in [0.15, 0.2) is 0 Å². The van der Waals surface area contributed by atoms with Crippen LogP contribution in [-0.4, -0.2) is 34.2 Å². The van der Waals surface area contributed by atoms with Gasteiger partial charge in [0, 0.05) is 17.7 Å². The minimum Gasteiger partial charge on any atom is -0.478 e. The summed E-state index contributed by atoms with van der Waals surface area (Å²) in [5, 5.41) is 19.4. The predicted octanol–water partition coefficient (Wildman–Crippen LogP) is 0.765. The van der Waals surface area contributed by atoms with E-state index in [2.05, 4.69) is 6.58 Å². The Balaban J connectivity index is 2.43. The number of nitro benzene ring substituents is 1. The van der Waals surface area contributed by atoms with Gasteiger partial charge in [-0.3, -0.25) is 19.7 Å². The molecule has 0 saturated carbocycles. The normalized spacial score (nSPS) is 13.3. The molecule has 0 radical (unpaired) electrons. The van der Waals surface area contributed by atoms with E-state index in [1.807, 2.05) is 0 Å². The highest BCUT2D eigenvalue weighted by atomic mass is 16.6. The first-order valence-corrected chi connectivity index (χ1v) is 5.38. The van der Waals surface area contributed by atoms with E-state index in [1.54, 1.807) is 0 Å². The number of carbonyl (C=O) groups is 3. The van der Waals surface area contributed by atoms with Gasteiger partial charge in [0.2, 0.25) is 0 Å². The third kappa shape index (κ3) is 2.03. The van der Waals surface area contributed by atoms with E-state index in [0.717, 1.165) is 17.0 Å². The Morgan fingerprint density at radius 3 is 2.60 bits per heavy atom. The molecule has 102 valence electrons. The van der Waals surface area contributed by atoms with Crippen LogP contribution in [0.4, 0.5) is 11.4 Å². The number of hydrogen-bond donors (Lipinski definition) is 1. The van der Waals surface area contributed by atoms with E-state index in [0.29, 0.717) is 0 Å². The van der Waals surface area contributed by atoms with Gasteiger partial charge < -0.3 is 10.0 Å². The summed E-state index contributed by atoms with van der Waals surface area (Å²) < 4.78 is 0. The van der Waals surface area contributed by atoms with Crippen LogP contribution in [0.1, 0.15) is 10.4 Å². The lowest BCUT2D eigenvalue weighted by molar-refractivity contribution is -0.384. The number of carbonyl (C=O) groups excluding carboxylic acids is 2. The Bertz CT molecular complexity index is 679. The molecule has 0 saturated heterocycles. The number of nitrogens with zero attached hydrogens (tertiary/aromatic N) is 2. The lowest BCUT2D eigenvalue weighted by Gasteiger charge is -2.15. The lowest BCUT2D eigenvalue weighted by Crippen LogP contribution is -2.32. The highest BCUT2D eigenvalue weighted by molar-refractivity contribution is 6.52. The minimum atomic E-state index is -1.29. The molecule has 0 spiro atoms. The van der Waals surface area contributed by atoms with E-state index in [9.17, 15) is 24.5 Å². The maximum Gasteiger partial charge on any atom is 0.332 e. The van der Waals surface area contributed by atoms with Gasteiger partial charge in [-0.2, -0.15) is 0 Å². The Hall–Kier alpha value is -3.03. The molecule has 20 heavy (non-hydrogen) atoms. The average Bonchev–Trinajstić information content (AvgIpc) is 2.63. The van der Waals surface area contributed by atoms with Crippen molar-refractivity contribution < 1.29 is 24.4 Å². The third-order valence-corrected chi connectivity index (χ3v) is 2.82. The summed E-state index contributed by atoms with van der Waals surface area (Å²) in [6.07, 6.45) is 0. The van der Waals surface area contributed by atoms with Crippen LogP contribution in [0.2, 0.25) is 0 Å². The van der Waals surface area contributed by atoms with Gasteiger partial charge in [0.1, 0.15) is 0 Å². The molecule has 2 rings (SSSR count). The first-order valence-electron chi connectivity index (χ1n) is 5.38. The Morgan fingerprint density at radius 1 is 1.40 bits per heavy atom. The predicted molar refractivity (Wildman–Crippen MR) is 66.6 cm³/mol. The van der Waals surface area contributed by atoms with Gasteiger partial charge >= 0.3 is 5.97 Å². The van der Waals surface area contributed by atoms with E-state index in [-0.39, 0.29) is 29.1 Å². The molecule has 1 aromatic carbocycles. The number of nitro groups is 1. The van der Waals surface area contributed by atoms with Crippen LogP contribution in [0.3, 0.4) is 0 Å². The number of benzene rings is 1. The molecule has 8 nitrogen and oxygen atoms in total. The molecule has 8 heteroatoms. The maximum atomic E-state index is 11.8. The topological polar surface area (TPSA) is 118 Å². The Morgan fingerprint density at radius 2 is 2.05 bits per heavy atom. The van der Waals surface area contributed by atoms with Crippen LogP contribution in [0.5, 0.6) is 0 Å². The van der Waals surface area contributed by atoms with Crippen molar-refractivity contribution in [2.24, 2.45) is 0 Å². The highest BCUT2D eigenvalue weighted by Crippen LogP contribution is 2.32. The first kappa shape index (κ1) is 13.4. The van der Waals surface area contributed by atoms with Gasteiger partial charge in [-0.1, -0.05) is 6.58 Å². The molecule has 0 unspecified atom stereocenters. The molecular formula is C12H8N2O6. The van der Waals surface area contributed by atoms with Crippen molar-refractivity contribution in [3.63, 3.8) is 0 Å². The summed E-state index contributed by atoms with van der Waals surface area (Å²) >= 11 is 0. The number of anilines is 1. The number of rotatable bonds is 4. The summed E-state index contributed by atoms with van der Waals surface area (Å²) in [5.41, 5.74) is -0.545. The smallest absolute Gasteiger partial charge is 0.332 e. The summed E-state index contributed by atoms with van der Waals surface area (Å²) in [5.74, 6) is -3.12. The van der Waals surface area contributed by atoms with Crippen molar-refractivity contribution in [1.82, 2.24) is 0 Å². The average molecular weight is 276 g/mol. The van der Waals surface area contributed by atoms with Crippen LogP contribution < -0.4 is 4.90 Å². The highest BCUT2D eigenvalue weighted by Gasteiger charge is 2.37. The van der Waals surface area contributed by atoms with Crippen molar-refractivity contribution in [2.45, 2.75) is 0 Å². The van der Waals surface area contributed by atoms with Crippen molar-refractivity contribution in [1.29, 1.82) is 0 Å². The molecule has 0 bridgehead atoms. The Labute approximate surface area is 112 Å². The van der Waals surface area contributed by atoms with Crippen molar-refractivity contribution in [3.8, 4) is 0 Å². The van der Waals surface area contributed by atoms with Crippen LogP contribution in [-0.2, 0) is 9.59 Å². The van der Waals surface area contributed by atoms with E-state index >= 15 is 0 Å². The molecule has 0 fully saturated rings. The molecule has 1 amide bonds. The number of ketones is 1. The molecule has 0 atom stereocenters. The first-order chi connectivity index (χ1) is 9.32. The minimum absolute atomic E-state index is 0.109. The fourth-order valence-corrected chi connectivity index (χ4v) is 1.82. The molecule has 1 aliphatic rings. The number of non-ortho nitro benzene ring substituents is 1. The lowest BCUT2D eigenvalue weighted by atomic mass is 10.1. The van der Waals surface area contributed by atoms with Crippen LogP contribution in [0.15, 0.2) is 30.4 Å². The zero-order valence-corrected chi connectivity index (χ0v) is 10.0.